The highest BCUT2D eigenvalue weighted by Crippen LogP contribution is 2.47. The number of phenolic OH excluding ortho intramolecular Hbond substituents is 1. The van der Waals surface area contributed by atoms with Gasteiger partial charge in [0.05, 0.1) is 30.2 Å². The zero-order chi connectivity index (χ0) is 29.6. The Kier molecular flexibility index (Phi) is 9.20. The molecule has 2 aliphatic rings. The number of imide groups is 1. The number of rotatable bonds is 11. The number of amides is 2. The Morgan fingerprint density at radius 3 is 2.38 bits per heavy atom. The van der Waals surface area contributed by atoms with E-state index in [1.165, 1.54) is 4.90 Å². The molecule has 1 fully saturated rings. The van der Waals surface area contributed by atoms with Crippen molar-refractivity contribution < 1.29 is 29.6 Å². The number of nitrogens with zero attached hydrogens (tertiary/aromatic N) is 1. The Morgan fingerprint density at radius 2 is 1.71 bits per heavy atom. The Hall–Kier alpha value is -4.20. The summed E-state index contributed by atoms with van der Waals surface area (Å²) in [5, 5.41) is 32.2. The molecule has 4 atom stereocenters. The minimum absolute atomic E-state index is 0.142. The second kappa shape index (κ2) is 13.2. The van der Waals surface area contributed by atoms with Gasteiger partial charge in [-0.05, 0) is 78.8 Å². The van der Waals surface area contributed by atoms with Crippen molar-refractivity contribution >= 4 is 23.6 Å². The highest BCUT2D eigenvalue weighted by molar-refractivity contribution is 6.22. The fourth-order valence-corrected chi connectivity index (χ4v) is 6.29. The molecule has 0 aromatic heterocycles. The third-order valence-electron chi connectivity index (χ3n) is 8.34. The van der Waals surface area contributed by atoms with Crippen molar-refractivity contribution in [2.45, 2.75) is 38.7 Å². The molecular formula is C35H37NO6. The van der Waals surface area contributed by atoms with Crippen LogP contribution in [0.5, 0.6) is 11.5 Å². The maximum Gasteiger partial charge on any atom is 0.238 e. The van der Waals surface area contributed by atoms with E-state index in [1.54, 1.807) is 42.5 Å². The lowest BCUT2D eigenvalue weighted by atomic mass is 9.68. The number of benzene rings is 3. The molecule has 0 unspecified atom stereocenters. The number of aromatic hydroxyl groups is 1. The van der Waals surface area contributed by atoms with Gasteiger partial charge in [-0.15, -0.1) is 0 Å². The molecule has 2 amide bonds. The van der Waals surface area contributed by atoms with Crippen LogP contribution < -0.4 is 9.64 Å². The number of carbonyl (C=O) groups excluding carboxylic acids is 2. The van der Waals surface area contributed by atoms with E-state index in [1.807, 2.05) is 55.5 Å². The van der Waals surface area contributed by atoms with Crippen molar-refractivity contribution in [1.29, 1.82) is 0 Å². The van der Waals surface area contributed by atoms with E-state index in [0.717, 1.165) is 23.1 Å². The van der Waals surface area contributed by atoms with Crippen LogP contribution in [0.25, 0.3) is 6.08 Å². The Bertz CT molecular complexity index is 1470. The van der Waals surface area contributed by atoms with Gasteiger partial charge >= 0.3 is 0 Å². The number of para-hydroxylation sites is 2. The molecule has 1 saturated heterocycles. The molecule has 3 aromatic carbocycles. The monoisotopic (exact) mass is 567 g/mol. The maximum absolute atomic E-state index is 13.7. The lowest BCUT2D eigenvalue weighted by molar-refractivity contribution is -0.123. The molecule has 0 radical (unpaired) electrons. The number of fused-ring (bicyclic) bond motifs is 1. The molecule has 7 heteroatoms. The van der Waals surface area contributed by atoms with Crippen molar-refractivity contribution in [2.75, 3.05) is 18.1 Å². The average molecular weight is 568 g/mol. The molecule has 7 nitrogen and oxygen atoms in total. The number of allylic oxidation sites excluding steroid dienone is 1. The summed E-state index contributed by atoms with van der Waals surface area (Å²) in [4.78, 5) is 28.6. The Labute approximate surface area is 246 Å². The number of anilines is 1. The van der Waals surface area contributed by atoms with Crippen LogP contribution in [-0.2, 0) is 9.59 Å². The molecule has 3 N–H and O–H groups in total. The van der Waals surface area contributed by atoms with Crippen LogP contribution >= 0.6 is 0 Å². The first-order valence-electron chi connectivity index (χ1n) is 14.5. The molecule has 0 bridgehead atoms. The van der Waals surface area contributed by atoms with E-state index in [0.29, 0.717) is 29.9 Å². The van der Waals surface area contributed by atoms with E-state index in [2.05, 4.69) is 0 Å². The first-order chi connectivity index (χ1) is 20.4. The van der Waals surface area contributed by atoms with Gasteiger partial charge in [0.15, 0.2) is 0 Å². The predicted octanol–water partition coefficient (Wildman–Crippen LogP) is 5.52. The lowest BCUT2D eigenvalue weighted by Crippen LogP contribution is -2.40. The third-order valence-corrected chi connectivity index (χ3v) is 8.34. The van der Waals surface area contributed by atoms with Crippen LogP contribution in [0.4, 0.5) is 5.69 Å². The normalized spacial score (nSPS) is 21.5. The quantitative estimate of drug-likeness (QED) is 0.208. The molecule has 1 aliphatic carbocycles. The van der Waals surface area contributed by atoms with Gasteiger partial charge in [-0.3, -0.25) is 14.5 Å². The fraction of sp³-hybridized carbons (Fsp3) is 0.314. The van der Waals surface area contributed by atoms with Gasteiger partial charge in [-0.1, -0.05) is 67.1 Å². The van der Waals surface area contributed by atoms with Crippen molar-refractivity contribution in [3.05, 3.63) is 107 Å². The van der Waals surface area contributed by atoms with E-state index >= 15 is 0 Å². The largest absolute Gasteiger partial charge is 0.508 e. The molecule has 3 aromatic rings. The molecule has 42 heavy (non-hydrogen) atoms. The Morgan fingerprint density at radius 1 is 1.00 bits per heavy atom. The first kappa shape index (κ1) is 29.3. The van der Waals surface area contributed by atoms with Crippen molar-refractivity contribution in [3.63, 3.8) is 0 Å². The van der Waals surface area contributed by atoms with Gasteiger partial charge in [0.1, 0.15) is 18.1 Å². The van der Waals surface area contributed by atoms with E-state index in [9.17, 15) is 24.9 Å². The summed E-state index contributed by atoms with van der Waals surface area (Å²) in [6.07, 6.45) is 3.06. The van der Waals surface area contributed by atoms with Gasteiger partial charge < -0.3 is 20.1 Å². The molecule has 0 saturated carbocycles. The summed E-state index contributed by atoms with van der Waals surface area (Å²) in [5.41, 5.74) is 3.82. The van der Waals surface area contributed by atoms with Crippen molar-refractivity contribution in [1.82, 2.24) is 0 Å². The van der Waals surface area contributed by atoms with Gasteiger partial charge in [0.25, 0.3) is 0 Å². The molecule has 1 heterocycles. The number of ether oxygens (including phenoxy) is 1. The second-order valence-electron chi connectivity index (χ2n) is 10.9. The number of hydrogen-bond acceptors (Lipinski definition) is 6. The van der Waals surface area contributed by atoms with Crippen molar-refractivity contribution in [3.8, 4) is 11.5 Å². The standard InChI is InChI=1S/C35H37NO6/c1-2-23(18-24-10-9-13-27(38)19-24)16-17-31(39)32-25(22-42-28-14-7-4-8-15-28)20-29-33(30(32)21-37)35(41)36(34(29)40)26-11-5-3-6-12-26/h3-15,18-19,29-31,33,37-39H,2,16-17,20-22H2,1H3/b23-18+/t29-,30+,31-,33-/m1/s1. The van der Waals surface area contributed by atoms with E-state index in [-0.39, 0.29) is 37.2 Å². The number of carbonyl (C=O) groups is 2. The van der Waals surface area contributed by atoms with Crippen LogP contribution in [-0.4, -0.2) is 46.5 Å². The zero-order valence-electron chi connectivity index (χ0n) is 23.7. The molecular weight excluding hydrogens is 530 g/mol. The zero-order valence-corrected chi connectivity index (χ0v) is 23.7. The van der Waals surface area contributed by atoms with Crippen LogP contribution in [0.3, 0.4) is 0 Å². The van der Waals surface area contributed by atoms with Gasteiger partial charge in [0, 0.05) is 5.92 Å². The smallest absolute Gasteiger partial charge is 0.238 e. The van der Waals surface area contributed by atoms with Gasteiger partial charge in [-0.25, -0.2) is 0 Å². The molecule has 1 aliphatic heterocycles. The minimum atomic E-state index is -0.940. The lowest BCUT2D eigenvalue weighted by Gasteiger charge is -2.36. The van der Waals surface area contributed by atoms with Gasteiger partial charge in [-0.2, -0.15) is 0 Å². The highest BCUT2D eigenvalue weighted by Gasteiger charge is 2.55. The number of aliphatic hydroxyl groups excluding tert-OH is 2. The minimum Gasteiger partial charge on any atom is -0.508 e. The second-order valence-corrected chi connectivity index (χ2v) is 10.9. The third kappa shape index (κ3) is 6.17. The molecule has 218 valence electrons. The predicted molar refractivity (Wildman–Crippen MR) is 162 cm³/mol. The fourth-order valence-electron chi connectivity index (χ4n) is 6.29. The highest BCUT2D eigenvalue weighted by atomic mass is 16.5. The van der Waals surface area contributed by atoms with Crippen LogP contribution in [0.15, 0.2) is 102 Å². The number of hydrogen-bond donors (Lipinski definition) is 3. The summed E-state index contributed by atoms with van der Waals surface area (Å²) in [6.45, 7) is 1.81. The average Bonchev–Trinajstić information content (AvgIpc) is 3.26. The molecule has 5 rings (SSSR count). The van der Waals surface area contributed by atoms with Crippen LogP contribution in [0, 0.1) is 17.8 Å². The SMILES string of the molecule is CC/C(=C\c1cccc(O)c1)CC[C@@H](O)C1=C(COc2ccccc2)C[C@H]2C(=O)N(c3ccccc3)C(=O)[C@H]2[C@H]1CO. The van der Waals surface area contributed by atoms with Crippen molar-refractivity contribution in [2.24, 2.45) is 17.8 Å². The summed E-state index contributed by atoms with van der Waals surface area (Å²) in [5.74, 6) is -1.90. The molecule has 0 spiro atoms. The van der Waals surface area contributed by atoms with E-state index < -0.39 is 23.9 Å². The summed E-state index contributed by atoms with van der Waals surface area (Å²) in [7, 11) is 0. The van der Waals surface area contributed by atoms with Gasteiger partial charge in [0.2, 0.25) is 11.8 Å². The first-order valence-corrected chi connectivity index (χ1v) is 14.5. The summed E-state index contributed by atoms with van der Waals surface area (Å²) < 4.78 is 6.08. The van der Waals surface area contributed by atoms with Crippen LogP contribution in [0.1, 0.15) is 38.2 Å². The topological polar surface area (TPSA) is 107 Å². The van der Waals surface area contributed by atoms with Crippen LogP contribution in [0.2, 0.25) is 0 Å². The summed E-state index contributed by atoms with van der Waals surface area (Å²) in [6, 6.07) is 25.2. The number of phenols is 1. The Balaban J connectivity index is 1.45. The maximum atomic E-state index is 13.7. The summed E-state index contributed by atoms with van der Waals surface area (Å²) >= 11 is 0. The number of aliphatic hydroxyl groups is 2. The van der Waals surface area contributed by atoms with E-state index in [4.69, 9.17) is 4.74 Å².